The van der Waals surface area contributed by atoms with Crippen molar-refractivity contribution in [3.63, 3.8) is 0 Å². The van der Waals surface area contributed by atoms with E-state index in [1.165, 1.54) is 12.3 Å². The number of carbonyl (C=O) groups excluding carboxylic acids is 1. The highest BCUT2D eigenvalue weighted by Gasteiger charge is 2.01. The van der Waals surface area contributed by atoms with E-state index in [1.807, 2.05) is 6.92 Å². The highest BCUT2D eigenvalue weighted by atomic mass is 35.5. The highest BCUT2D eigenvalue weighted by molar-refractivity contribution is 6.32. The zero-order valence-electron chi connectivity index (χ0n) is 6.58. The predicted octanol–water partition coefficient (Wildman–Crippen LogP) is 1.95. The lowest BCUT2D eigenvalue weighted by Gasteiger charge is -2.02. The summed E-state index contributed by atoms with van der Waals surface area (Å²) in [5, 5.41) is 0.341. The van der Waals surface area contributed by atoms with E-state index in [9.17, 15) is 4.79 Å². The molecule has 0 aliphatic rings. The van der Waals surface area contributed by atoms with Gasteiger partial charge in [0.2, 0.25) is 5.88 Å². The summed E-state index contributed by atoms with van der Waals surface area (Å²) in [5.74, 6) is 0.420. The Balaban J connectivity index is 2.96. The van der Waals surface area contributed by atoms with Gasteiger partial charge in [-0.05, 0) is 6.92 Å². The van der Waals surface area contributed by atoms with Gasteiger partial charge in [-0.15, -0.1) is 0 Å². The van der Waals surface area contributed by atoms with Crippen molar-refractivity contribution in [2.24, 2.45) is 0 Å². The van der Waals surface area contributed by atoms with E-state index in [4.69, 9.17) is 16.3 Å². The monoisotopic (exact) mass is 185 g/mol. The van der Waals surface area contributed by atoms with Gasteiger partial charge in [-0.2, -0.15) is 0 Å². The molecular weight excluding hydrogens is 178 g/mol. The normalized spacial score (nSPS) is 9.50. The van der Waals surface area contributed by atoms with E-state index >= 15 is 0 Å². The van der Waals surface area contributed by atoms with Crippen molar-refractivity contribution in [2.45, 2.75) is 6.92 Å². The third-order valence-electron chi connectivity index (χ3n) is 1.28. The van der Waals surface area contributed by atoms with Crippen LogP contribution in [0.1, 0.15) is 17.3 Å². The average molecular weight is 186 g/mol. The summed E-state index contributed by atoms with van der Waals surface area (Å²) < 4.78 is 5.07. The maximum atomic E-state index is 10.4. The Morgan fingerprint density at radius 3 is 3.08 bits per heavy atom. The quantitative estimate of drug-likeness (QED) is 0.676. The molecule has 0 amide bonds. The molecule has 0 spiro atoms. The molecule has 4 heteroatoms. The van der Waals surface area contributed by atoms with Gasteiger partial charge in [0.25, 0.3) is 0 Å². The van der Waals surface area contributed by atoms with E-state index in [2.05, 4.69) is 4.98 Å². The number of rotatable bonds is 3. The van der Waals surface area contributed by atoms with Crippen LogP contribution < -0.4 is 4.74 Å². The first-order valence-electron chi connectivity index (χ1n) is 3.51. The van der Waals surface area contributed by atoms with Gasteiger partial charge in [0, 0.05) is 11.6 Å². The van der Waals surface area contributed by atoms with Gasteiger partial charge < -0.3 is 4.74 Å². The van der Waals surface area contributed by atoms with Gasteiger partial charge in [0.1, 0.15) is 0 Å². The molecule has 64 valence electrons. The molecule has 1 aromatic rings. The molecular formula is C8H8ClNO2. The highest BCUT2D eigenvalue weighted by Crippen LogP contribution is 2.16. The lowest BCUT2D eigenvalue weighted by molar-refractivity contribution is 0.112. The van der Waals surface area contributed by atoms with Crippen LogP contribution in [0.15, 0.2) is 12.3 Å². The molecule has 12 heavy (non-hydrogen) atoms. The van der Waals surface area contributed by atoms with Crippen LogP contribution in [0, 0.1) is 0 Å². The molecule has 0 saturated carbocycles. The summed E-state index contributed by atoms with van der Waals surface area (Å²) in [6, 6.07) is 1.51. The standard InChI is InChI=1S/C8H8ClNO2/c1-2-12-8-3-6(5-11)7(9)4-10-8/h3-5H,2H2,1H3. The number of nitrogens with zero attached hydrogens (tertiary/aromatic N) is 1. The van der Waals surface area contributed by atoms with E-state index in [0.717, 1.165) is 0 Å². The molecule has 0 saturated heterocycles. The van der Waals surface area contributed by atoms with Crippen molar-refractivity contribution in [1.82, 2.24) is 4.98 Å². The molecule has 1 aromatic heterocycles. The molecule has 0 aliphatic heterocycles. The van der Waals surface area contributed by atoms with Gasteiger partial charge in [0.05, 0.1) is 17.8 Å². The predicted molar refractivity (Wildman–Crippen MR) is 45.8 cm³/mol. The molecule has 0 N–H and O–H groups in total. The summed E-state index contributed by atoms with van der Waals surface area (Å²) in [7, 11) is 0. The summed E-state index contributed by atoms with van der Waals surface area (Å²) in [5.41, 5.74) is 0.398. The molecule has 1 heterocycles. The summed E-state index contributed by atoms with van der Waals surface area (Å²) in [4.78, 5) is 14.3. The first-order valence-corrected chi connectivity index (χ1v) is 3.89. The van der Waals surface area contributed by atoms with Crippen molar-refractivity contribution in [2.75, 3.05) is 6.61 Å². The first-order chi connectivity index (χ1) is 5.77. The Morgan fingerprint density at radius 2 is 2.50 bits per heavy atom. The third kappa shape index (κ3) is 1.95. The van der Waals surface area contributed by atoms with Gasteiger partial charge in [-0.3, -0.25) is 4.79 Å². The summed E-state index contributed by atoms with van der Waals surface area (Å²) in [6.07, 6.45) is 2.07. The molecule has 0 aromatic carbocycles. The smallest absolute Gasteiger partial charge is 0.213 e. The van der Waals surface area contributed by atoms with Crippen LogP contribution in [0.5, 0.6) is 5.88 Å². The van der Waals surface area contributed by atoms with Crippen molar-refractivity contribution >= 4 is 17.9 Å². The SMILES string of the molecule is CCOc1cc(C=O)c(Cl)cn1. The van der Waals surface area contributed by atoms with Gasteiger partial charge in [-0.1, -0.05) is 11.6 Å². The van der Waals surface area contributed by atoms with Crippen molar-refractivity contribution < 1.29 is 9.53 Å². The minimum atomic E-state index is 0.341. The fraction of sp³-hybridized carbons (Fsp3) is 0.250. The second kappa shape index (κ2) is 4.07. The van der Waals surface area contributed by atoms with E-state index in [1.54, 1.807) is 0 Å². The number of hydrogen-bond donors (Lipinski definition) is 0. The van der Waals surface area contributed by atoms with Gasteiger partial charge >= 0.3 is 0 Å². The molecule has 0 aliphatic carbocycles. The zero-order chi connectivity index (χ0) is 8.97. The number of carbonyl (C=O) groups is 1. The fourth-order valence-corrected chi connectivity index (χ4v) is 0.899. The fourth-order valence-electron chi connectivity index (χ4n) is 0.751. The summed E-state index contributed by atoms with van der Waals surface area (Å²) >= 11 is 5.65. The van der Waals surface area contributed by atoms with Crippen molar-refractivity contribution in [3.05, 3.63) is 22.8 Å². The van der Waals surface area contributed by atoms with E-state index < -0.39 is 0 Å². The number of pyridine rings is 1. The molecule has 0 unspecified atom stereocenters. The largest absolute Gasteiger partial charge is 0.478 e. The van der Waals surface area contributed by atoms with Gasteiger partial charge in [-0.25, -0.2) is 4.98 Å². The zero-order valence-corrected chi connectivity index (χ0v) is 7.34. The number of hydrogen-bond acceptors (Lipinski definition) is 3. The van der Waals surface area contributed by atoms with Crippen molar-refractivity contribution in [3.8, 4) is 5.88 Å². The Morgan fingerprint density at radius 1 is 1.75 bits per heavy atom. The van der Waals surface area contributed by atoms with Gasteiger partial charge in [0.15, 0.2) is 6.29 Å². The molecule has 3 nitrogen and oxygen atoms in total. The molecule has 0 bridgehead atoms. The van der Waals surface area contributed by atoms with Crippen LogP contribution in [0.3, 0.4) is 0 Å². The number of aldehydes is 1. The molecule has 0 radical (unpaired) electrons. The molecule has 1 rings (SSSR count). The molecule has 0 atom stereocenters. The Hall–Kier alpha value is -1.09. The van der Waals surface area contributed by atoms with Crippen LogP contribution in [0.25, 0.3) is 0 Å². The van der Waals surface area contributed by atoms with E-state index in [-0.39, 0.29) is 0 Å². The Bertz CT molecular complexity index is 288. The Labute approximate surface area is 75.3 Å². The van der Waals surface area contributed by atoms with Crippen LogP contribution >= 0.6 is 11.6 Å². The number of ether oxygens (including phenoxy) is 1. The first kappa shape index (κ1) is 9.00. The maximum Gasteiger partial charge on any atom is 0.213 e. The van der Waals surface area contributed by atoms with Crippen LogP contribution in [0.2, 0.25) is 5.02 Å². The lowest BCUT2D eigenvalue weighted by atomic mass is 10.3. The number of halogens is 1. The van der Waals surface area contributed by atoms with Crippen LogP contribution in [0.4, 0.5) is 0 Å². The molecule has 0 fully saturated rings. The topological polar surface area (TPSA) is 39.2 Å². The maximum absolute atomic E-state index is 10.4. The second-order valence-electron chi connectivity index (χ2n) is 2.09. The lowest BCUT2D eigenvalue weighted by Crippen LogP contribution is -1.95. The second-order valence-corrected chi connectivity index (χ2v) is 2.50. The van der Waals surface area contributed by atoms with Crippen LogP contribution in [-0.2, 0) is 0 Å². The van der Waals surface area contributed by atoms with Crippen molar-refractivity contribution in [1.29, 1.82) is 0 Å². The van der Waals surface area contributed by atoms with E-state index in [0.29, 0.717) is 29.4 Å². The average Bonchev–Trinajstić information content (AvgIpc) is 2.09. The Kier molecular flexibility index (Phi) is 3.05. The minimum absolute atomic E-state index is 0.341. The minimum Gasteiger partial charge on any atom is -0.478 e. The third-order valence-corrected chi connectivity index (χ3v) is 1.59. The van der Waals surface area contributed by atoms with Crippen LogP contribution in [-0.4, -0.2) is 17.9 Å². The summed E-state index contributed by atoms with van der Waals surface area (Å²) in [6.45, 7) is 2.36. The number of aromatic nitrogens is 1.